The van der Waals surface area contributed by atoms with Gasteiger partial charge < -0.3 is 20.2 Å². The molecule has 1 heterocycles. The summed E-state index contributed by atoms with van der Waals surface area (Å²) in [6.45, 7) is 3.10. The van der Waals surface area contributed by atoms with Crippen molar-refractivity contribution in [3.05, 3.63) is 88.9 Å². The Morgan fingerprint density at radius 1 is 0.914 bits per heavy atom. The second-order valence-electron chi connectivity index (χ2n) is 8.71. The fraction of sp³-hybridized carbons (Fsp3) is 0.259. The molecule has 3 aromatic carbocycles. The average molecular weight is 491 g/mol. The minimum absolute atomic E-state index is 0.102. The van der Waals surface area contributed by atoms with Crippen LogP contribution in [-0.2, 0) is 4.84 Å². The third-order valence-electron chi connectivity index (χ3n) is 6.30. The highest BCUT2D eigenvalue weighted by Gasteiger charge is 2.25. The number of hydrogen-bond donors (Lipinski definition) is 2. The maximum Gasteiger partial charge on any atom is 0.321 e. The molecular weight excluding hydrogens is 464 g/mol. The smallest absolute Gasteiger partial charge is 0.321 e. The summed E-state index contributed by atoms with van der Waals surface area (Å²) >= 11 is 5.89. The molecular formula is C27H27ClN4O3. The summed E-state index contributed by atoms with van der Waals surface area (Å²) in [5.41, 5.74) is 5.87. The lowest BCUT2D eigenvalue weighted by molar-refractivity contribution is 0.0122. The standard InChI is InChI=1S/C27H27ClN4O3/c28-19-9-11-20(12-10-19)29-27(34)32-15-13-31(14-16-32)17-21(33)18-35-30-26-24-7-3-1-5-22(24)23-6-2-4-8-25(23)26/h1-12,21,33H,13-18H2,(H,29,34). The molecule has 5 rings (SSSR count). The van der Waals surface area contributed by atoms with E-state index in [0.29, 0.717) is 43.4 Å². The van der Waals surface area contributed by atoms with Gasteiger partial charge >= 0.3 is 6.03 Å². The number of oxime groups is 1. The molecule has 35 heavy (non-hydrogen) atoms. The topological polar surface area (TPSA) is 77.4 Å². The van der Waals surface area contributed by atoms with Gasteiger partial charge in [0.25, 0.3) is 0 Å². The molecule has 2 aliphatic rings. The van der Waals surface area contributed by atoms with Crippen molar-refractivity contribution >= 4 is 29.0 Å². The highest BCUT2D eigenvalue weighted by atomic mass is 35.5. The summed E-state index contributed by atoms with van der Waals surface area (Å²) in [5, 5.41) is 18.4. The Morgan fingerprint density at radius 3 is 2.09 bits per heavy atom. The number of aliphatic hydroxyl groups is 1. The number of piperazine rings is 1. The number of amides is 2. The van der Waals surface area contributed by atoms with E-state index in [4.69, 9.17) is 16.4 Å². The maximum absolute atomic E-state index is 12.5. The van der Waals surface area contributed by atoms with Crippen LogP contribution in [0.2, 0.25) is 5.02 Å². The van der Waals surface area contributed by atoms with E-state index in [2.05, 4.69) is 27.5 Å². The first kappa shape index (κ1) is 23.4. The number of fused-ring (bicyclic) bond motifs is 3. The van der Waals surface area contributed by atoms with Crippen LogP contribution in [0.5, 0.6) is 0 Å². The number of rotatable bonds is 6. The number of nitrogens with zero attached hydrogens (tertiary/aromatic N) is 3. The van der Waals surface area contributed by atoms with Crippen molar-refractivity contribution in [3.8, 4) is 11.1 Å². The molecule has 180 valence electrons. The van der Waals surface area contributed by atoms with E-state index in [1.54, 1.807) is 29.2 Å². The SMILES string of the molecule is O=C(Nc1ccc(Cl)cc1)N1CCN(CC(O)CON=C2c3ccccc3-c3ccccc32)CC1. The van der Waals surface area contributed by atoms with Crippen LogP contribution in [0.3, 0.4) is 0 Å². The minimum atomic E-state index is -0.680. The molecule has 3 aromatic rings. The summed E-state index contributed by atoms with van der Waals surface area (Å²) in [7, 11) is 0. The van der Waals surface area contributed by atoms with Gasteiger partial charge in [-0.25, -0.2) is 4.79 Å². The lowest BCUT2D eigenvalue weighted by Crippen LogP contribution is -2.51. The third-order valence-corrected chi connectivity index (χ3v) is 6.55. The summed E-state index contributed by atoms with van der Waals surface area (Å²) in [4.78, 5) is 22.0. The number of nitrogens with one attached hydrogen (secondary N) is 1. The predicted molar refractivity (Wildman–Crippen MR) is 138 cm³/mol. The van der Waals surface area contributed by atoms with Crippen LogP contribution in [0, 0.1) is 0 Å². The number of β-amino-alcohol motifs (C(OH)–C–C–N with tert-alkyl or cyclic N) is 1. The van der Waals surface area contributed by atoms with Crippen molar-refractivity contribution in [1.29, 1.82) is 0 Å². The van der Waals surface area contributed by atoms with Gasteiger partial charge in [-0.3, -0.25) is 4.90 Å². The highest BCUT2D eigenvalue weighted by Crippen LogP contribution is 2.36. The van der Waals surface area contributed by atoms with Crippen LogP contribution in [-0.4, -0.2) is 72.1 Å². The fourth-order valence-electron chi connectivity index (χ4n) is 4.50. The van der Waals surface area contributed by atoms with Crippen molar-refractivity contribution in [3.63, 3.8) is 0 Å². The largest absolute Gasteiger partial charge is 0.392 e. The van der Waals surface area contributed by atoms with Gasteiger partial charge in [0, 0.05) is 54.6 Å². The number of benzene rings is 3. The maximum atomic E-state index is 12.5. The molecule has 8 heteroatoms. The second kappa shape index (κ2) is 10.5. The summed E-state index contributed by atoms with van der Waals surface area (Å²) in [6, 6.07) is 23.2. The number of urea groups is 1. The fourth-order valence-corrected chi connectivity index (χ4v) is 4.63. The number of aliphatic hydroxyl groups excluding tert-OH is 1. The van der Waals surface area contributed by atoms with E-state index in [1.165, 1.54) is 0 Å². The Balaban J connectivity index is 1.10. The highest BCUT2D eigenvalue weighted by molar-refractivity contribution is 6.30. The van der Waals surface area contributed by atoms with E-state index in [-0.39, 0.29) is 12.6 Å². The van der Waals surface area contributed by atoms with Crippen LogP contribution in [0.1, 0.15) is 11.1 Å². The molecule has 1 unspecified atom stereocenters. The minimum Gasteiger partial charge on any atom is -0.392 e. The van der Waals surface area contributed by atoms with Gasteiger partial charge in [0.2, 0.25) is 0 Å². The zero-order valence-electron chi connectivity index (χ0n) is 19.2. The molecule has 1 fully saturated rings. The second-order valence-corrected chi connectivity index (χ2v) is 9.14. The van der Waals surface area contributed by atoms with Gasteiger partial charge in [-0.2, -0.15) is 0 Å². The van der Waals surface area contributed by atoms with Crippen LogP contribution in [0.4, 0.5) is 10.5 Å². The van der Waals surface area contributed by atoms with Gasteiger partial charge in [0.15, 0.2) is 0 Å². The van der Waals surface area contributed by atoms with Crippen LogP contribution >= 0.6 is 11.6 Å². The number of anilines is 1. The Bertz CT molecular complexity index is 1180. The Morgan fingerprint density at radius 2 is 1.49 bits per heavy atom. The normalized spacial score (nSPS) is 15.8. The van der Waals surface area contributed by atoms with Gasteiger partial charge in [0.1, 0.15) is 18.4 Å². The molecule has 0 radical (unpaired) electrons. The zero-order valence-corrected chi connectivity index (χ0v) is 20.0. The van der Waals surface area contributed by atoms with Gasteiger partial charge in [-0.15, -0.1) is 0 Å². The zero-order chi connectivity index (χ0) is 24.2. The van der Waals surface area contributed by atoms with E-state index in [0.717, 1.165) is 28.0 Å². The molecule has 0 bridgehead atoms. The number of hydrogen-bond acceptors (Lipinski definition) is 5. The van der Waals surface area contributed by atoms with Crippen LogP contribution in [0.15, 0.2) is 78.0 Å². The van der Waals surface area contributed by atoms with E-state index in [9.17, 15) is 9.90 Å². The molecule has 1 aliphatic heterocycles. The predicted octanol–water partition coefficient (Wildman–Crippen LogP) is 4.30. The molecule has 2 amide bonds. The Labute approximate surface area is 209 Å². The monoisotopic (exact) mass is 490 g/mol. The first-order valence-corrected chi connectivity index (χ1v) is 12.1. The summed E-state index contributed by atoms with van der Waals surface area (Å²) in [6.07, 6.45) is -0.680. The molecule has 7 nitrogen and oxygen atoms in total. The van der Waals surface area contributed by atoms with Crippen LogP contribution < -0.4 is 5.32 Å². The number of carbonyl (C=O) groups is 1. The lowest BCUT2D eigenvalue weighted by Gasteiger charge is -2.35. The van der Waals surface area contributed by atoms with Crippen molar-refractivity contribution in [2.24, 2.45) is 5.16 Å². The van der Waals surface area contributed by atoms with Crippen molar-refractivity contribution < 1.29 is 14.7 Å². The van der Waals surface area contributed by atoms with E-state index in [1.807, 2.05) is 36.4 Å². The van der Waals surface area contributed by atoms with Crippen molar-refractivity contribution in [1.82, 2.24) is 9.80 Å². The first-order valence-electron chi connectivity index (χ1n) is 11.7. The van der Waals surface area contributed by atoms with Gasteiger partial charge in [0.05, 0.1) is 0 Å². The third kappa shape index (κ3) is 5.32. The van der Waals surface area contributed by atoms with E-state index < -0.39 is 6.10 Å². The average Bonchev–Trinajstić information content (AvgIpc) is 3.20. The molecule has 1 atom stereocenters. The first-order chi connectivity index (χ1) is 17.1. The molecule has 0 spiro atoms. The molecule has 1 aliphatic carbocycles. The Kier molecular flexibility index (Phi) is 6.99. The molecule has 0 saturated carbocycles. The van der Waals surface area contributed by atoms with Crippen molar-refractivity contribution in [2.45, 2.75) is 6.10 Å². The molecule has 1 saturated heterocycles. The van der Waals surface area contributed by atoms with Gasteiger partial charge in [-0.05, 0) is 35.4 Å². The number of halogens is 1. The van der Waals surface area contributed by atoms with E-state index >= 15 is 0 Å². The molecule has 0 aromatic heterocycles. The summed E-state index contributed by atoms with van der Waals surface area (Å²) in [5.74, 6) is 0. The Hall–Kier alpha value is -3.39. The summed E-state index contributed by atoms with van der Waals surface area (Å²) < 4.78 is 0. The quantitative estimate of drug-likeness (QED) is 0.395. The van der Waals surface area contributed by atoms with Crippen LogP contribution in [0.25, 0.3) is 11.1 Å². The van der Waals surface area contributed by atoms with Crippen molar-refractivity contribution in [2.75, 3.05) is 44.6 Å². The molecule has 2 N–H and O–H groups in total. The number of carbonyl (C=O) groups excluding carboxylic acids is 1. The van der Waals surface area contributed by atoms with Gasteiger partial charge in [-0.1, -0.05) is 65.3 Å². The lowest BCUT2D eigenvalue weighted by atomic mass is 10.1.